The van der Waals surface area contributed by atoms with Crippen molar-refractivity contribution >= 4 is 34.4 Å². The molecule has 3 aromatic rings. The fraction of sp³-hybridized carbons (Fsp3) is 0.462. The SMILES string of the molecule is COC(=O)N1c2ccc3c(nc(Cc4cccc(Cl)c4)n3C3CCCCC3)c2CC[C@@H]1C. The molecule has 0 radical (unpaired) electrons. The molecule has 1 aliphatic heterocycles. The van der Waals surface area contributed by atoms with Crippen LogP contribution in [0.25, 0.3) is 11.0 Å². The Hall–Kier alpha value is -2.53. The largest absolute Gasteiger partial charge is 0.452 e. The summed E-state index contributed by atoms with van der Waals surface area (Å²) < 4.78 is 7.57. The lowest BCUT2D eigenvalue weighted by atomic mass is 9.94. The van der Waals surface area contributed by atoms with Gasteiger partial charge < -0.3 is 9.30 Å². The Kier molecular flexibility index (Phi) is 5.85. The van der Waals surface area contributed by atoms with E-state index in [1.54, 1.807) is 4.90 Å². The van der Waals surface area contributed by atoms with Gasteiger partial charge in [-0.05, 0) is 62.4 Å². The Morgan fingerprint density at radius 3 is 2.72 bits per heavy atom. The third-order valence-electron chi connectivity index (χ3n) is 7.09. The summed E-state index contributed by atoms with van der Waals surface area (Å²) in [5.74, 6) is 1.09. The van der Waals surface area contributed by atoms with Crippen molar-refractivity contribution in [2.75, 3.05) is 12.0 Å². The van der Waals surface area contributed by atoms with E-state index in [-0.39, 0.29) is 12.1 Å². The number of benzene rings is 2. The molecular formula is C26H30ClN3O2. The number of ether oxygens (including phenoxy) is 1. The first-order valence-corrected chi connectivity index (χ1v) is 12.1. The molecule has 1 atom stereocenters. The van der Waals surface area contributed by atoms with Crippen molar-refractivity contribution in [3.63, 3.8) is 0 Å². The maximum absolute atomic E-state index is 12.5. The van der Waals surface area contributed by atoms with Crippen molar-refractivity contribution in [3.05, 3.63) is 58.4 Å². The highest BCUT2D eigenvalue weighted by Gasteiger charge is 2.32. The molecule has 1 aliphatic carbocycles. The molecule has 0 bridgehead atoms. The van der Waals surface area contributed by atoms with Crippen molar-refractivity contribution in [2.45, 2.75) is 70.4 Å². The molecule has 5 rings (SSSR count). The zero-order chi connectivity index (χ0) is 22.2. The summed E-state index contributed by atoms with van der Waals surface area (Å²) in [6.07, 6.45) is 8.49. The minimum absolute atomic E-state index is 0.110. The van der Waals surface area contributed by atoms with E-state index in [9.17, 15) is 4.79 Å². The van der Waals surface area contributed by atoms with Gasteiger partial charge in [0.1, 0.15) is 5.82 Å². The van der Waals surface area contributed by atoms with E-state index in [0.717, 1.165) is 46.9 Å². The summed E-state index contributed by atoms with van der Waals surface area (Å²) in [4.78, 5) is 19.5. The van der Waals surface area contributed by atoms with Gasteiger partial charge in [0.05, 0.1) is 23.8 Å². The van der Waals surface area contributed by atoms with Crippen LogP contribution in [0.3, 0.4) is 0 Å². The second-order valence-corrected chi connectivity index (χ2v) is 9.59. The lowest BCUT2D eigenvalue weighted by Gasteiger charge is -2.34. The maximum Gasteiger partial charge on any atom is 0.414 e. The lowest BCUT2D eigenvalue weighted by Crippen LogP contribution is -2.42. The van der Waals surface area contributed by atoms with E-state index in [4.69, 9.17) is 21.3 Å². The molecule has 1 amide bonds. The first kappa shape index (κ1) is 21.3. The third kappa shape index (κ3) is 3.77. The molecule has 5 nitrogen and oxygen atoms in total. The number of halogens is 1. The molecule has 2 heterocycles. The van der Waals surface area contributed by atoms with Gasteiger partial charge >= 0.3 is 6.09 Å². The summed E-state index contributed by atoms with van der Waals surface area (Å²) in [6, 6.07) is 12.9. The molecule has 0 N–H and O–H groups in total. The van der Waals surface area contributed by atoms with Crippen molar-refractivity contribution < 1.29 is 9.53 Å². The van der Waals surface area contributed by atoms with Crippen LogP contribution in [0.2, 0.25) is 5.02 Å². The predicted molar refractivity (Wildman–Crippen MR) is 129 cm³/mol. The number of anilines is 1. The van der Waals surface area contributed by atoms with Gasteiger partial charge in [0.25, 0.3) is 0 Å². The average Bonchev–Trinajstić information content (AvgIpc) is 3.17. The van der Waals surface area contributed by atoms with Crippen LogP contribution < -0.4 is 4.90 Å². The number of hydrogen-bond donors (Lipinski definition) is 0. The zero-order valence-corrected chi connectivity index (χ0v) is 19.6. The molecule has 2 aliphatic rings. The minimum Gasteiger partial charge on any atom is -0.452 e. The number of rotatable bonds is 3. The summed E-state index contributed by atoms with van der Waals surface area (Å²) >= 11 is 6.27. The second-order valence-electron chi connectivity index (χ2n) is 9.16. The number of fused-ring (bicyclic) bond motifs is 3. The maximum atomic E-state index is 12.5. The summed E-state index contributed by atoms with van der Waals surface area (Å²) in [5.41, 5.74) is 5.49. The highest BCUT2D eigenvalue weighted by molar-refractivity contribution is 6.30. The van der Waals surface area contributed by atoms with Gasteiger partial charge in [0.2, 0.25) is 0 Å². The Balaban J connectivity index is 1.66. The first-order chi connectivity index (χ1) is 15.6. The standard InChI is InChI=1S/C26H30ClN3O2/c1-17-11-12-21-22(29(17)26(31)32-2)13-14-23-25(21)28-24(16-18-7-6-8-19(27)15-18)30(23)20-9-4-3-5-10-20/h6-8,13-15,17,20H,3-5,9-12,16H2,1-2H3/t17-/m0/s1. The van der Waals surface area contributed by atoms with E-state index in [2.05, 4.69) is 29.7 Å². The minimum atomic E-state index is -0.302. The zero-order valence-electron chi connectivity index (χ0n) is 18.8. The number of imidazole rings is 1. The topological polar surface area (TPSA) is 47.4 Å². The summed E-state index contributed by atoms with van der Waals surface area (Å²) in [6.45, 7) is 2.08. The first-order valence-electron chi connectivity index (χ1n) is 11.7. The molecule has 168 valence electrons. The van der Waals surface area contributed by atoms with Gasteiger partial charge in [-0.3, -0.25) is 4.90 Å². The summed E-state index contributed by atoms with van der Waals surface area (Å²) in [7, 11) is 1.45. The lowest BCUT2D eigenvalue weighted by molar-refractivity contribution is 0.175. The molecule has 6 heteroatoms. The molecule has 1 aromatic heterocycles. The monoisotopic (exact) mass is 451 g/mol. The molecule has 0 saturated heterocycles. The van der Waals surface area contributed by atoms with E-state index in [1.807, 2.05) is 18.2 Å². The van der Waals surface area contributed by atoms with Gasteiger partial charge in [0.15, 0.2) is 0 Å². The second kappa shape index (κ2) is 8.78. The number of aromatic nitrogens is 2. The van der Waals surface area contributed by atoms with Crippen LogP contribution in [0.1, 0.15) is 68.4 Å². The number of nitrogens with zero attached hydrogens (tertiary/aromatic N) is 3. The normalized spacial score (nSPS) is 19.2. The molecule has 0 spiro atoms. The number of amides is 1. The predicted octanol–water partition coefficient (Wildman–Crippen LogP) is 6.69. The Bertz CT molecular complexity index is 1150. The van der Waals surface area contributed by atoms with Gasteiger partial charge in [-0.15, -0.1) is 0 Å². The fourth-order valence-corrected chi connectivity index (χ4v) is 5.74. The van der Waals surface area contributed by atoms with Crippen molar-refractivity contribution in [3.8, 4) is 0 Å². The number of hydrogen-bond acceptors (Lipinski definition) is 3. The third-order valence-corrected chi connectivity index (χ3v) is 7.33. The molecule has 32 heavy (non-hydrogen) atoms. The van der Waals surface area contributed by atoms with Crippen LogP contribution in [-0.4, -0.2) is 28.8 Å². The molecule has 2 aromatic carbocycles. The smallest absolute Gasteiger partial charge is 0.414 e. The van der Waals surface area contributed by atoms with E-state index in [1.165, 1.54) is 50.3 Å². The van der Waals surface area contributed by atoms with Crippen molar-refractivity contribution in [1.82, 2.24) is 9.55 Å². The number of aryl methyl sites for hydroxylation is 1. The number of methoxy groups -OCH3 is 1. The Morgan fingerprint density at radius 1 is 1.16 bits per heavy atom. The van der Waals surface area contributed by atoms with Crippen molar-refractivity contribution in [1.29, 1.82) is 0 Å². The van der Waals surface area contributed by atoms with Crippen LogP contribution >= 0.6 is 11.6 Å². The highest BCUT2D eigenvalue weighted by Crippen LogP contribution is 2.39. The van der Waals surface area contributed by atoms with Crippen LogP contribution in [0.4, 0.5) is 10.5 Å². The Morgan fingerprint density at radius 2 is 1.97 bits per heavy atom. The number of carbonyl (C=O) groups is 1. The van der Waals surface area contributed by atoms with Crippen LogP contribution in [0, 0.1) is 0 Å². The average molecular weight is 452 g/mol. The van der Waals surface area contributed by atoms with E-state index < -0.39 is 0 Å². The molecule has 0 unspecified atom stereocenters. The highest BCUT2D eigenvalue weighted by atomic mass is 35.5. The molecule has 1 saturated carbocycles. The van der Waals surface area contributed by atoms with E-state index in [0.29, 0.717) is 6.04 Å². The van der Waals surface area contributed by atoms with Gasteiger partial charge in [0, 0.05) is 29.1 Å². The fourth-order valence-electron chi connectivity index (χ4n) is 5.52. The summed E-state index contributed by atoms with van der Waals surface area (Å²) in [5, 5.41) is 0.753. The Labute approximate surface area is 194 Å². The number of carbonyl (C=O) groups excluding carboxylic acids is 1. The van der Waals surface area contributed by atoms with Crippen molar-refractivity contribution in [2.24, 2.45) is 0 Å². The van der Waals surface area contributed by atoms with Gasteiger partial charge in [-0.25, -0.2) is 9.78 Å². The molecule has 1 fully saturated rings. The quantitative estimate of drug-likeness (QED) is 0.445. The van der Waals surface area contributed by atoms with Gasteiger partial charge in [-0.2, -0.15) is 0 Å². The van der Waals surface area contributed by atoms with Crippen LogP contribution in [-0.2, 0) is 17.6 Å². The van der Waals surface area contributed by atoms with Crippen LogP contribution in [0.5, 0.6) is 0 Å². The van der Waals surface area contributed by atoms with Gasteiger partial charge in [-0.1, -0.05) is 43.0 Å². The van der Waals surface area contributed by atoms with Crippen LogP contribution in [0.15, 0.2) is 36.4 Å². The van der Waals surface area contributed by atoms with E-state index >= 15 is 0 Å². The molecular weight excluding hydrogens is 422 g/mol.